The predicted molar refractivity (Wildman–Crippen MR) is 91.3 cm³/mol. The molecule has 1 aromatic carbocycles. The third-order valence-electron chi connectivity index (χ3n) is 5.51. The molecule has 4 heteroatoms. The SMILES string of the molecule is COC(C(C)C(=O)NCC1(c2ccccc2)CC1)[C@@H]1CCCN1. The first kappa shape index (κ1) is 16.5. The van der Waals surface area contributed by atoms with Crippen LogP contribution in [0.15, 0.2) is 30.3 Å². The van der Waals surface area contributed by atoms with E-state index in [-0.39, 0.29) is 23.3 Å². The number of hydrogen-bond donors (Lipinski definition) is 2. The lowest BCUT2D eigenvalue weighted by molar-refractivity contribution is -0.129. The van der Waals surface area contributed by atoms with Crippen LogP contribution >= 0.6 is 0 Å². The van der Waals surface area contributed by atoms with E-state index in [2.05, 4.69) is 34.9 Å². The van der Waals surface area contributed by atoms with Crippen molar-refractivity contribution in [1.29, 1.82) is 0 Å². The van der Waals surface area contributed by atoms with E-state index in [1.807, 2.05) is 13.0 Å². The zero-order chi connectivity index (χ0) is 16.3. The van der Waals surface area contributed by atoms with Gasteiger partial charge in [0.2, 0.25) is 5.91 Å². The van der Waals surface area contributed by atoms with Gasteiger partial charge in [0.1, 0.15) is 0 Å². The summed E-state index contributed by atoms with van der Waals surface area (Å²) in [4.78, 5) is 12.6. The van der Waals surface area contributed by atoms with Crippen molar-refractivity contribution in [3.05, 3.63) is 35.9 Å². The number of nitrogens with one attached hydrogen (secondary N) is 2. The van der Waals surface area contributed by atoms with Crippen LogP contribution in [0.5, 0.6) is 0 Å². The molecule has 2 unspecified atom stereocenters. The molecule has 1 saturated carbocycles. The van der Waals surface area contributed by atoms with Crippen molar-refractivity contribution in [2.24, 2.45) is 5.92 Å². The molecule has 3 rings (SSSR count). The molecule has 1 saturated heterocycles. The minimum Gasteiger partial charge on any atom is -0.379 e. The van der Waals surface area contributed by atoms with Gasteiger partial charge in [-0.05, 0) is 37.8 Å². The molecule has 0 aromatic heterocycles. The molecule has 1 aromatic rings. The fraction of sp³-hybridized carbons (Fsp3) is 0.632. The highest BCUT2D eigenvalue weighted by molar-refractivity contribution is 5.79. The molecule has 126 valence electrons. The zero-order valence-corrected chi connectivity index (χ0v) is 14.2. The molecule has 2 N–H and O–H groups in total. The van der Waals surface area contributed by atoms with Crippen LogP contribution in [0.3, 0.4) is 0 Å². The molecule has 2 aliphatic rings. The third-order valence-corrected chi connectivity index (χ3v) is 5.51. The van der Waals surface area contributed by atoms with E-state index in [1.165, 1.54) is 5.56 Å². The van der Waals surface area contributed by atoms with E-state index < -0.39 is 0 Å². The molecule has 3 atom stereocenters. The lowest BCUT2D eigenvalue weighted by Gasteiger charge is -2.28. The van der Waals surface area contributed by atoms with Gasteiger partial charge in [-0.1, -0.05) is 37.3 Å². The second kappa shape index (κ2) is 7.02. The lowest BCUT2D eigenvalue weighted by Crippen LogP contribution is -2.47. The van der Waals surface area contributed by atoms with Crippen LogP contribution in [0.1, 0.15) is 38.2 Å². The molecule has 2 fully saturated rings. The Kier molecular flexibility index (Phi) is 5.02. The van der Waals surface area contributed by atoms with Crippen LogP contribution in [0.4, 0.5) is 0 Å². The molecule has 1 aliphatic heterocycles. The van der Waals surface area contributed by atoms with E-state index in [9.17, 15) is 4.79 Å². The van der Waals surface area contributed by atoms with Crippen LogP contribution < -0.4 is 10.6 Å². The quantitative estimate of drug-likeness (QED) is 0.811. The van der Waals surface area contributed by atoms with E-state index in [4.69, 9.17) is 4.74 Å². The maximum Gasteiger partial charge on any atom is 0.225 e. The first-order chi connectivity index (χ1) is 11.2. The summed E-state index contributed by atoms with van der Waals surface area (Å²) in [5.41, 5.74) is 1.50. The molecule has 0 radical (unpaired) electrons. The first-order valence-corrected chi connectivity index (χ1v) is 8.76. The van der Waals surface area contributed by atoms with Gasteiger partial charge in [-0.15, -0.1) is 0 Å². The monoisotopic (exact) mass is 316 g/mol. The van der Waals surface area contributed by atoms with Gasteiger partial charge in [-0.3, -0.25) is 4.79 Å². The van der Waals surface area contributed by atoms with Crippen LogP contribution in [0.25, 0.3) is 0 Å². The van der Waals surface area contributed by atoms with E-state index in [0.717, 1.165) is 38.8 Å². The summed E-state index contributed by atoms with van der Waals surface area (Å²) in [6.07, 6.45) is 4.51. The standard InChI is InChI=1S/C19H28N2O2/c1-14(17(23-2)16-9-6-12-20-16)18(22)21-13-19(10-11-19)15-7-4-3-5-8-15/h3-5,7-8,14,16-17,20H,6,9-13H2,1-2H3,(H,21,22)/t14?,16-,17?/m0/s1. The van der Waals surface area contributed by atoms with Gasteiger partial charge in [0.15, 0.2) is 0 Å². The number of benzene rings is 1. The van der Waals surface area contributed by atoms with Crippen molar-refractivity contribution in [3.8, 4) is 0 Å². The van der Waals surface area contributed by atoms with Crippen LogP contribution in [-0.2, 0) is 14.9 Å². The molecular weight excluding hydrogens is 288 g/mol. The molecule has 1 aliphatic carbocycles. The van der Waals surface area contributed by atoms with Crippen LogP contribution in [0.2, 0.25) is 0 Å². The minimum atomic E-state index is -0.137. The number of rotatable bonds is 7. The van der Waals surface area contributed by atoms with Gasteiger partial charge in [-0.2, -0.15) is 0 Å². The summed E-state index contributed by atoms with van der Waals surface area (Å²) in [5, 5.41) is 6.62. The van der Waals surface area contributed by atoms with Gasteiger partial charge in [0.25, 0.3) is 0 Å². The molecule has 1 amide bonds. The van der Waals surface area contributed by atoms with E-state index >= 15 is 0 Å². The maximum absolute atomic E-state index is 12.6. The summed E-state index contributed by atoms with van der Waals surface area (Å²) >= 11 is 0. The molecular formula is C19H28N2O2. The smallest absolute Gasteiger partial charge is 0.225 e. The molecule has 4 nitrogen and oxygen atoms in total. The second-order valence-corrected chi connectivity index (χ2v) is 7.06. The van der Waals surface area contributed by atoms with Crippen molar-refractivity contribution < 1.29 is 9.53 Å². The number of methoxy groups -OCH3 is 1. The molecule has 0 spiro atoms. The highest BCUT2D eigenvalue weighted by Crippen LogP contribution is 2.47. The largest absolute Gasteiger partial charge is 0.379 e. The summed E-state index contributed by atoms with van der Waals surface area (Å²) in [7, 11) is 1.71. The topological polar surface area (TPSA) is 50.4 Å². The van der Waals surface area contributed by atoms with Crippen LogP contribution in [0, 0.1) is 5.92 Å². The zero-order valence-electron chi connectivity index (χ0n) is 14.2. The predicted octanol–water partition coefficient (Wildman–Crippen LogP) is 2.24. The van der Waals surface area contributed by atoms with Crippen molar-refractivity contribution in [2.45, 2.75) is 50.2 Å². The second-order valence-electron chi connectivity index (χ2n) is 7.06. The fourth-order valence-corrected chi connectivity index (χ4v) is 3.79. The van der Waals surface area contributed by atoms with Gasteiger partial charge >= 0.3 is 0 Å². The average molecular weight is 316 g/mol. The molecule has 1 heterocycles. The summed E-state index contributed by atoms with van der Waals surface area (Å²) in [5.74, 6) is -0.0325. The van der Waals surface area contributed by atoms with E-state index in [0.29, 0.717) is 6.04 Å². The van der Waals surface area contributed by atoms with Gasteiger partial charge in [0, 0.05) is 25.1 Å². The highest BCUT2D eigenvalue weighted by atomic mass is 16.5. The number of ether oxygens (including phenoxy) is 1. The Balaban J connectivity index is 1.56. The number of hydrogen-bond acceptors (Lipinski definition) is 3. The van der Waals surface area contributed by atoms with Crippen LogP contribution in [-0.4, -0.2) is 38.3 Å². The van der Waals surface area contributed by atoms with E-state index in [1.54, 1.807) is 7.11 Å². The molecule has 0 bridgehead atoms. The third kappa shape index (κ3) is 3.59. The number of carbonyl (C=O) groups excluding carboxylic acids is 1. The Morgan fingerprint density at radius 1 is 1.39 bits per heavy atom. The number of amides is 1. The van der Waals surface area contributed by atoms with Crippen molar-refractivity contribution >= 4 is 5.91 Å². The van der Waals surface area contributed by atoms with Crippen molar-refractivity contribution in [3.63, 3.8) is 0 Å². The summed E-state index contributed by atoms with van der Waals surface area (Å²) < 4.78 is 5.63. The lowest BCUT2D eigenvalue weighted by atomic mass is 9.93. The molecule has 23 heavy (non-hydrogen) atoms. The number of carbonyl (C=O) groups is 1. The van der Waals surface area contributed by atoms with Gasteiger partial charge < -0.3 is 15.4 Å². The van der Waals surface area contributed by atoms with Crippen molar-refractivity contribution in [2.75, 3.05) is 20.2 Å². The Bertz CT molecular complexity index is 521. The Hall–Kier alpha value is -1.39. The average Bonchev–Trinajstić information content (AvgIpc) is 3.20. The van der Waals surface area contributed by atoms with Gasteiger partial charge in [0.05, 0.1) is 12.0 Å². The normalized spacial score (nSPS) is 24.9. The fourth-order valence-electron chi connectivity index (χ4n) is 3.79. The Labute approximate surface area is 139 Å². The van der Waals surface area contributed by atoms with Crippen molar-refractivity contribution in [1.82, 2.24) is 10.6 Å². The summed E-state index contributed by atoms with van der Waals surface area (Å²) in [6.45, 7) is 3.73. The minimum absolute atomic E-state index is 0.0515. The highest BCUT2D eigenvalue weighted by Gasteiger charge is 2.44. The summed E-state index contributed by atoms with van der Waals surface area (Å²) in [6, 6.07) is 10.8. The maximum atomic E-state index is 12.6. The van der Waals surface area contributed by atoms with Gasteiger partial charge in [-0.25, -0.2) is 0 Å². The Morgan fingerprint density at radius 3 is 2.70 bits per heavy atom. The first-order valence-electron chi connectivity index (χ1n) is 8.76. The Morgan fingerprint density at radius 2 is 2.13 bits per heavy atom.